The number of anilines is 1. The van der Waals surface area contributed by atoms with Crippen molar-refractivity contribution in [2.24, 2.45) is 0 Å². The molecule has 2 atom stereocenters. The van der Waals surface area contributed by atoms with Crippen molar-refractivity contribution < 1.29 is 27.9 Å². The van der Waals surface area contributed by atoms with Gasteiger partial charge in [0, 0.05) is 6.92 Å². The van der Waals surface area contributed by atoms with Crippen LogP contribution >= 0.6 is 0 Å². The van der Waals surface area contributed by atoms with E-state index < -0.39 is 28.5 Å². The minimum Gasteiger partial charge on any atom is -0.487 e. The van der Waals surface area contributed by atoms with E-state index in [9.17, 15) is 23.1 Å². The standard InChI is InChI=1S/C20H22N2O6S/c1-13-12-22(14(2)23)18-10-16(8-9-19(18)28-13)29(26,27)21-17(11-20(24)25)15-6-4-3-5-7-15/h3-10,13,17,21H,11-12H2,1-2H3,(H,24,25)/t13-,17-/m0/s1. The molecule has 0 radical (unpaired) electrons. The summed E-state index contributed by atoms with van der Waals surface area (Å²) in [4.78, 5) is 24.6. The van der Waals surface area contributed by atoms with Gasteiger partial charge in [-0.2, -0.15) is 0 Å². The minimum atomic E-state index is -4.06. The molecule has 0 saturated carbocycles. The van der Waals surface area contributed by atoms with Crippen molar-refractivity contribution in [2.75, 3.05) is 11.4 Å². The zero-order valence-corrected chi connectivity index (χ0v) is 16.8. The first-order chi connectivity index (χ1) is 13.7. The maximum Gasteiger partial charge on any atom is 0.305 e. The molecule has 3 rings (SSSR count). The predicted molar refractivity (Wildman–Crippen MR) is 106 cm³/mol. The first kappa shape index (κ1) is 20.8. The number of carboxylic acid groups (broad SMARTS) is 1. The lowest BCUT2D eigenvalue weighted by Gasteiger charge is -2.33. The summed E-state index contributed by atoms with van der Waals surface area (Å²) in [5, 5.41) is 9.20. The number of hydrogen-bond acceptors (Lipinski definition) is 5. The molecule has 2 N–H and O–H groups in total. The molecule has 0 aromatic heterocycles. The van der Waals surface area contributed by atoms with Gasteiger partial charge in [-0.3, -0.25) is 9.59 Å². The Morgan fingerprint density at radius 2 is 1.93 bits per heavy atom. The summed E-state index contributed by atoms with van der Waals surface area (Å²) in [6.07, 6.45) is -0.626. The number of fused-ring (bicyclic) bond motifs is 1. The third-order valence-electron chi connectivity index (χ3n) is 4.56. The highest BCUT2D eigenvalue weighted by atomic mass is 32.2. The van der Waals surface area contributed by atoms with Crippen molar-refractivity contribution in [2.45, 2.75) is 37.3 Å². The molecule has 8 nitrogen and oxygen atoms in total. The zero-order valence-electron chi connectivity index (χ0n) is 16.0. The van der Waals surface area contributed by atoms with Crippen molar-refractivity contribution in [3.8, 4) is 5.75 Å². The van der Waals surface area contributed by atoms with Gasteiger partial charge in [0.1, 0.15) is 11.9 Å². The molecule has 154 valence electrons. The van der Waals surface area contributed by atoms with Crippen LogP contribution in [0.1, 0.15) is 31.9 Å². The summed E-state index contributed by atoms with van der Waals surface area (Å²) in [5.41, 5.74) is 0.909. The number of carboxylic acids is 1. The quantitative estimate of drug-likeness (QED) is 0.744. The van der Waals surface area contributed by atoms with E-state index in [0.717, 1.165) is 0 Å². The van der Waals surface area contributed by atoms with Gasteiger partial charge in [-0.15, -0.1) is 0 Å². The van der Waals surface area contributed by atoms with Gasteiger partial charge >= 0.3 is 5.97 Å². The molecule has 2 aromatic rings. The third-order valence-corrected chi connectivity index (χ3v) is 6.03. The molecular weight excluding hydrogens is 396 g/mol. The molecule has 1 aliphatic rings. The van der Waals surface area contributed by atoms with E-state index in [-0.39, 0.29) is 16.9 Å². The summed E-state index contributed by atoms with van der Waals surface area (Å²) in [5.74, 6) is -0.933. The number of sulfonamides is 1. The summed E-state index contributed by atoms with van der Waals surface area (Å²) in [6, 6.07) is 11.8. The molecule has 0 spiro atoms. The zero-order chi connectivity index (χ0) is 21.2. The number of aliphatic carboxylic acids is 1. The molecule has 0 unspecified atom stereocenters. The average Bonchev–Trinajstić information content (AvgIpc) is 2.66. The number of ether oxygens (including phenoxy) is 1. The molecule has 0 saturated heterocycles. The number of benzene rings is 2. The van der Waals surface area contributed by atoms with E-state index in [0.29, 0.717) is 23.5 Å². The Kier molecular flexibility index (Phi) is 5.90. The summed E-state index contributed by atoms with van der Waals surface area (Å²) in [7, 11) is -4.06. The van der Waals surface area contributed by atoms with Crippen molar-refractivity contribution >= 4 is 27.6 Å². The molecule has 0 fully saturated rings. The molecule has 1 aliphatic heterocycles. The van der Waals surface area contributed by atoms with Crippen LogP contribution in [-0.2, 0) is 19.6 Å². The Labute approximate surface area is 169 Å². The van der Waals surface area contributed by atoms with Crippen LogP contribution in [0.2, 0.25) is 0 Å². The van der Waals surface area contributed by atoms with Crippen LogP contribution in [0.15, 0.2) is 53.4 Å². The second kappa shape index (κ2) is 8.22. The van der Waals surface area contributed by atoms with Gasteiger partial charge in [-0.1, -0.05) is 30.3 Å². The molecular formula is C20H22N2O6S. The van der Waals surface area contributed by atoms with Gasteiger partial charge in [0.15, 0.2) is 0 Å². The van der Waals surface area contributed by atoms with E-state index in [4.69, 9.17) is 4.74 Å². The topological polar surface area (TPSA) is 113 Å². The molecule has 29 heavy (non-hydrogen) atoms. The van der Waals surface area contributed by atoms with Gasteiger partial charge in [0.05, 0.1) is 29.6 Å². The maximum absolute atomic E-state index is 13.0. The number of nitrogens with zero attached hydrogens (tertiary/aromatic N) is 1. The lowest BCUT2D eigenvalue weighted by Crippen LogP contribution is -2.41. The second-order valence-corrected chi connectivity index (χ2v) is 8.58. The van der Waals surface area contributed by atoms with Crippen LogP contribution in [0.4, 0.5) is 5.69 Å². The van der Waals surface area contributed by atoms with E-state index >= 15 is 0 Å². The molecule has 2 aromatic carbocycles. The van der Waals surface area contributed by atoms with Crippen LogP contribution in [0.3, 0.4) is 0 Å². The van der Waals surface area contributed by atoms with E-state index in [2.05, 4.69) is 4.72 Å². The van der Waals surface area contributed by atoms with Crippen LogP contribution < -0.4 is 14.4 Å². The second-order valence-electron chi connectivity index (χ2n) is 6.87. The summed E-state index contributed by atoms with van der Waals surface area (Å²) < 4.78 is 34.1. The first-order valence-electron chi connectivity index (χ1n) is 9.05. The van der Waals surface area contributed by atoms with E-state index in [1.807, 2.05) is 6.92 Å². The number of carbonyl (C=O) groups is 2. The highest BCUT2D eigenvalue weighted by Gasteiger charge is 2.29. The SMILES string of the molecule is CC(=O)N1C[C@H](C)Oc2ccc(S(=O)(=O)N[C@@H](CC(=O)O)c3ccccc3)cc21. The highest BCUT2D eigenvalue weighted by Crippen LogP contribution is 2.36. The number of rotatable bonds is 6. The fourth-order valence-corrected chi connectivity index (χ4v) is 4.47. The molecule has 1 amide bonds. The predicted octanol–water partition coefficient (Wildman–Crippen LogP) is 2.31. The van der Waals surface area contributed by atoms with Crippen molar-refractivity contribution in [1.82, 2.24) is 4.72 Å². The maximum atomic E-state index is 13.0. The fraction of sp³-hybridized carbons (Fsp3) is 0.300. The average molecular weight is 418 g/mol. The summed E-state index contributed by atoms with van der Waals surface area (Å²) in [6.45, 7) is 3.53. The van der Waals surface area contributed by atoms with Gasteiger partial charge in [0.2, 0.25) is 15.9 Å². The Morgan fingerprint density at radius 3 is 2.55 bits per heavy atom. The molecule has 0 aliphatic carbocycles. The van der Waals surface area contributed by atoms with Crippen LogP contribution in [0.25, 0.3) is 0 Å². The largest absolute Gasteiger partial charge is 0.487 e. The lowest BCUT2D eigenvalue weighted by atomic mass is 10.1. The highest BCUT2D eigenvalue weighted by molar-refractivity contribution is 7.89. The Bertz CT molecular complexity index is 1020. The van der Waals surface area contributed by atoms with Gasteiger partial charge in [-0.05, 0) is 30.7 Å². The normalized spacial score (nSPS) is 17.2. The molecule has 9 heteroatoms. The monoisotopic (exact) mass is 418 g/mol. The minimum absolute atomic E-state index is 0.0769. The number of hydrogen-bond donors (Lipinski definition) is 2. The Morgan fingerprint density at radius 1 is 1.24 bits per heavy atom. The van der Waals surface area contributed by atoms with Crippen molar-refractivity contribution in [1.29, 1.82) is 0 Å². The van der Waals surface area contributed by atoms with Crippen molar-refractivity contribution in [3.63, 3.8) is 0 Å². The number of nitrogens with one attached hydrogen (secondary N) is 1. The number of amides is 1. The Hall–Kier alpha value is -2.91. The van der Waals surface area contributed by atoms with Crippen LogP contribution in [-0.4, -0.2) is 38.0 Å². The van der Waals surface area contributed by atoms with Gasteiger partial charge in [0.25, 0.3) is 0 Å². The van der Waals surface area contributed by atoms with E-state index in [1.165, 1.54) is 30.0 Å². The molecule has 1 heterocycles. The smallest absolute Gasteiger partial charge is 0.305 e. The van der Waals surface area contributed by atoms with Crippen LogP contribution in [0, 0.1) is 0 Å². The third kappa shape index (κ3) is 4.75. The summed E-state index contributed by atoms with van der Waals surface area (Å²) >= 11 is 0. The van der Waals surface area contributed by atoms with Gasteiger partial charge < -0.3 is 14.7 Å². The van der Waals surface area contributed by atoms with Gasteiger partial charge in [-0.25, -0.2) is 13.1 Å². The lowest BCUT2D eigenvalue weighted by molar-refractivity contribution is -0.137. The molecule has 0 bridgehead atoms. The fourth-order valence-electron chi connectivity index (χ4n) is 3.23. The van der Waals surface area contributed by atoms with Crippen LogP contribution in [0.5, 0.6) is 5.75 Å². The number of carbonyl (C=O) groups excluding carboxylic acids is 1. The Balaban J connectivity index is 1.95. The first-order valence-corrected chi connectivity index (χ1v) is 10.5. The van der Waals surface area contributed by atoms with E-state index in [1.54, 1.807) is 30.3 Å². The van der Waals surface area contributed by atoms with Crippen molar-refractivity contribution in [3.05, 3.63) is 54.1 Å².